The van der Waals surface area contributed by atoms with E-state index >= 15 is 0 Å². The summed E-state index contributed by atoms with van der Waals surface area (Å²) < 4.78 is 0. The van der Waals surface area contributed by atoms with Crippen molar-refractivity contribution < 1.29 is 14.7 Å². The third-order valence-corrected chi connectivity index (χ3v) is 6.06. The topological polar surface area (TPSA) is 88.7 Å². The molecule has 168 valence electrons. The van der Waals surface area contributed by atoms with E-state index in [1.54, 1.807) is 6.20 Å². The highest BCUT2D eigenvalue weighted by atomic mass is 16.4. The van der Waals surface area contributed by atoms with Crippen molar-refractivity contribution in [3.63, 3.8) is 0 Å². The Balaban J connectivity index is 1.48. The summed E-state index contributed by atoms with van der Waals surface area (Å²) in [4.78, 5) is 31.9. The fourth-order valence-corrected chi connectivity index (χ4v) is 4.25. The normalized spacial score (nSPS) is 16.3. The van der Waals surface area contributed by atoms with Crippen molar-refractivity contribution in [3.05, 3.63) is 65.9 Å². The van der Waals surface area contributed by atoms with E-state index in [1.807, 2.05) is 55.1 Å². The number of hydrogen-bond acceptors (Lipinski definition) is 4. The Morgan fingerprint density at radius 3 is 2.44 bits per heavy atom. The summed E-state index contributed by atoms with van der Waals surface area (Å²) in [6, 6.07) is 15.2. The monoisotopic (exact) mass is 434 g/mol. The summed E-state index contributed by atoms with van der Waals surface area (Å²) >= 11 is 0. The van der Waals surface area contributed by atoms with Crippen molar-refractivity contribution in [1.29, 1.82) is 0 Å². The highest BCUT2D eigenvalue weighted by molar-refractivity contribution is 5.96. The summed E-state index contributed by atoms with van der Waals surface area (Å²) in [7, 11) is 0. The van der Waals surface area contributed by atoms with Crippen molar-refractivity contribution in [2.75, 3.05) is 31.5 Å². The number of carbonyl (C=O) groups is 2. The van der Waals surface area contributed by atoms with Crippen molar-refractivity contribution >= 4 is 28.5 Å². The molecule has 2 heterocycles. The smallest absolute Gasteiger partial charge is 0.325 e. The number of hydrogen-bond donors (Lipinski definition) is 3. The number of benzene rings is 2. The van der Waals surface area contributed by atoms with Crippen LogP contribution in [0.4, 0.5) is 5.69 Å². The predicted molar refractivity (Wildman–Crippen MR) is 125 cm³/mol. The van der Waals surface area contributed by atoms with E-state index in [9.17, 15) is 14.7 Å². The lowest BCUT2D eigenvalue weighted by atomic mass is 10.0. The second-order valence-electron chi connectivity index (χ2n) is 8.69. The van der Waals surface area contributed by atoms with Crippen LogP contribution < -0.4 is 5.32 Å². The van der Waals surface area contributed by atoms with E-state index in [0.29, 0.717) is 18.8 Å². The molecular formula is C25H30N4O3. The molecule has 1 amide bonds. The Morgan fingerprint density at radius 1 is 1.06 bits per heavy atom. The first-order valence-corrected chi connectivity index (χ1v) is 11.1. The maximum atomic E-state index is 12.3. The fraction of sp³-hybridized carbons (Fsp3) is 0.360. The zero-order chi connectivity index (χ0) is 22.7. The SMILES string of the molecule is CC(C)C(=O)Nc1ccc2c(C(C(=O)O)N3CCN(Cc4ccccc4)CC3)c[nH]c2c1. The number of amides is 1. The molecule has 2 aromatic carbocycles. The molecule has 1 fully saturated rings. The predicted octanol–water partition coefficient (Wildman–Crippen LogP) is 3.71. The molecule has 0 aliphatic carbocycles. The number of nitrogens with one attached hydrogen (secondary N) is 2. The van der Waals surface area contributed by atoms with Gasteiger partial charge in [-0.15, -0.1) is 0 Å². The molecule has 0 spiro atoms. The number of aromatic amines is 1. The minimum absolute atomic E-state index is 0.0482. The molecule has 1 saturated heterocycles. The van der Waals surface area contributed by atoms with Gasteiger partial charge < -0.3 is 15.4 Å². The number of aromatic nitrogens is 1. The minimum Gasteiger partial charge on any atom is -0.480 e. The number of nitrogens with zero attached hydrogens (tertiary/aromatic N) is 2. The molecule has 3 aromatic rings. The Kier molecular flexibility index (Phi) is 6.58. The Morgan fingerprint density at radius 2 is 1.78 bits per heavy atom. The number of piperazine rings is 1. The Labute approximate surface area is 188 Å². The summed E-state index contributed by atoms with van der Waals surface area (Å²) in [6.45, 7) is 7.61. The van der Waals surface area contributed by atoms with Gasteiger partial charge in [0, 0.05) is 67.0 Å². The van der Waals surface area contributed by atoms with Gasteiger partial charge in [-0.25, -0.2) is 0 Å². The van der Waals surface area contributed by atoms with Crippen molar-refractivity contribution in [3.8, 4) is 0 Å². The number of aliphatic carboxylic acids is 1. The van der Waals surface area contributed by atoms with Gasteiger partial charge in [-0.05, 0) is 17.7 Å². The summed E-state index contributed by atoms with van der Waals surface area (Å²) in [6.07, 6.45) is 1.79. The van der Waals surface area contributed by atoms with Crippen LogP contribution in [-0.4, -0.2) is 57.9 Å². The van der Waals surface area contributed by atoms with Crippen LogP contribution >= 0.6 is 0 Å². The Hall–Kier alpha value is -3.16. The number of carboxylic acids is 1. The number of fused-ring (bicyclic) bond motifs is 1. The molecule has 3 N–H and O–H groups in total. The van der Waals surface area contributed by atoms with Crippen LogP contribution in [0.15, 0.2) is 54.7 Å². The molecule has 1 aliphatic heterocycles. The molecule has 0 radical (unpaired) electrons. The van der Waals surface area contributed by atoms with Gasteiger partial charge in [0.15, 0.2) is 0 Å². The van der Waals surface area contributed by atoms with Gasteiger partial charge in [0.1, 0.15) is 6.04 Å². The second-order valence-corrected chi connectivity index (χ2v) is 8.69. The van der Waals surface area contributed by atoms with Crippen molar-refractivity contribution in [1.82, 2.24) is 14.8 Å². The number of rotatable bonds is 7. The standard InChI is InChI=1S/C25H30N4O3/c1-17(2)24(30)27-19-8-9-20-21(15-26-22(20)14-19)23(25(31)32)29-12-10-28(11-13-29)16-18-6-4-3-5-7-18/h3-9,14-15,17,23,26H,10-13,16H2,1-2H3,(H,27,30)(H,31,32). The first-order valence-electron chi connectivity index (χ1n) is 11.1. The second kappa shape index (κ2) is 9.54. The average molecular weight is 435 g/mol. The van der Waals surface area contributed by atoms with Crippen LogP contribution in [0.1, 0.15) is 31.0 Å². The van der Waals surface area contributed by atoms with Crippen LogP contribution in [0.3, 0.4) is 0 Å². The van der Waals surface area contributed by atoms with E-state index in [1.165, 1.54) is 5.56 Å². The van der Waals surface area contributed by atoms with Gasteiger partial charge in [-0.2, -0.15) is 0 Å². The van der Waals surface area contributed by atoms with E-state index in [2.05, 4.69) is 27.3 Å². The molecule has 1 aliphatic rings. The lowest BCUT2D eigenvalue weighted by Crippen LogP contribution is -2.48. The third kappa shape index (κ3) is 4.84. The summed E-state index contributed by atoms with van der Waals surface area (Å²) in [5, 5.41) is 13.8. The van der Waals surface area contributed by atoms with Gasteiger partial charge in [0.2, 0.25) is 5.91 Å². The van der Waals surface area contributed by atoms with E-state index in [4.69, 9.17) is 0 Å². The maximum Gasteiger partial charge on any atom is 0.325 e. The van der Waals surface area contributed by atoms with E-state index < -0.39 is 12.0 Å². The van der Waals surface area contributed by atoms with Crippen LogP contribution in [-0.2, 0) is 16.1 Å². The molecule has 7 heteroatoms. The van der Waals surface area contributed by atoms with Gasteiger partial charge in [0.25, 0.3) is 0 Å². The van der Waals surface area contributed by atoms with E-state index in [0.717, 1.165) is 36.1 Å². The van der Waals surface area contributed by atoms with Gasteiger partial charge in [0.05, 0.1) is 0 Å². The minimum atomic E-state index is -0.848. The van der Waals surface area contributed by atoms with Gasteiger partial charge >= 0.3 is 5.97 Å². The van der Waals surface area contributed by atoms with Crippen LogP contribution in [0, 0.1) is 5.92 Å². The Bertz CT molecular complexity index is 1090. The lowest BCUT2D eigenvalue weighted by Gasteiger charge is -2.37. The van der Waals surface area contributed by atoms with Gasteiger partial charge in [-0.1, -0.05) is 50.2 Å². The van der Waals surface area contributed by atoms with E-state index in [-0.39, 0.29) is 11.8 Å². The number of carboxylic acid groups (broad SMARTS) is 1. The first kappa shape index (κ1) is 22.0. The summed E-state index contributed by atoms with van der Waals surface area (Å²) in [5.41, 5.74) is 3.54. The van der Waals surface area contributed by atoms with Crippen molar-refractivity contribution in [2.24, 2.45) is 5.92 Å². The highest BCUT2D eigenvalue weighted by Gasteiger charge is 2.32. The molecule has 32 heavy (non-hydrogen) atoms. The average Bonchev–Trinajstić information content (AvgIpc) is 3.18. The molecular weight excluding hydrogens is 404 g/mol. The quantitative estimate of drug-likeness (QED) is 0.528. The number of H-pyrrole nitrogens is 1. The maximum absolute atomic E-state index is 12.3. The first-order chi connectivity index (χ1) is 15.4. The largest absolute Gasteiger partial charge is 0.480 e. The van der Waals surface area contributed by atoms with Crippen LogP contribution in [0.5, 0.6) is 0 Å². The van der Waals surface area contributed by atoms with Gasteiger partial charge in [-0.3, -0.25) is 19.4 Å². The molecule has 4 rings (SSSR count). The molecule has 1 unspecified atom stereocenters. The molecule has 0 saturated carbocycles. The van der Waals surface area contributed by atoms with Crippen LogP contribution in [0.25, 0.3) is 10.9 Å². The lowest BCUT2D eigenvalue weighted by molar-refractivity contribution is -0.144. The molecule has 7 nitrogen and oxygen atoms in total. The molecule has 1 aromatic heterocycles. The summed E-state index contributed by atoms with van der Waals surface area (Å²) in [5.74, 6) is -1.01. The zero-order valence-corrected chi connectivity index (χ0v) is 18.5. The van der Waals surface area contributed by atoms with Crippen molar-refractivity contribution in [2.45, 2.75) is 26.4 Å². The number of anilines is 1. The fourth-order valence-electron chi connectivity index (χ4n) is 4.25. The molecule has 1 atom stereocenters. The number of carbonyl (C=O) groups excluding carboxylic acids is 1. The zero-order valence-electron chi connectivity index (χ0n) is 18.5. The molecule has 0 bridgehead atoms. The van der Waals surface area contributed by atoms with Crippen LogP contribution in [0.2, 0.25) is 0 Å². The third-order valence-electron chi connectivity index (χ3n) is 6.06. The highest BCUT2D eigenvalue weighted by Crippen LogP contribution is 2.31.